The molecule has 1 heterocycles. The third-order valence-corrected chi connectivity index (χ3v) is 3.90. The van der Waals surface area contributed by atoms with Crippen molar-refractivity contribution in [3.8, 4) is 6.01 Å². The standard InChI is InChI=1S/C17H31N5O5/c1-8-17(2,3)13(23)26-9-10-27-16-19-14(21(4)11-24-6)18-15(20-16)22(5)12-25-7/h8-12H2,1-7H3. The fraction of sp³-hybridized carbons (Fsp3) is 0.765. The first kappa shape index (κ1) is 22.8. The lowest BCUT2D eigenvalue weighted by Gasteiger charge is -2.21. The summed E-state index contributed by atoms with van der Waals surface area (Å²) in [5.41, 5.74) is -0.515. The first-order valence-corrected chi connectivity index (χ1v) is 8.71. The average Bonchev–Trinajstić information content (AvgIpc) is 2.65. The van der Waals surface area contributed by atoms with Gasteiger partial charge in [-0.1, -0.05) is 6.92 Å². The fourth-order valence-corrected chi connectivity index (χ4v) is 1.85. The number of carbonyl (C=O) groups excluding carboxylic acids is 1. The molecule has 0 fully saturated rings. The van der Waals surface area contributed by atoms with Crippen LogP contribution in [-0.4, -0.2) is 75.9 Å². The number of ether oxygens (including phenoxy) is 4. The number of rotatable bonds is 12. The molecule has 0 aromatic carbocycles. The Labute approximate surface area is 160 Å². The van der Waals surface area contributed by atoms with E-state index < -0.39 is 5.41 Å². The minimum atomic E-state index is -0.515. The molecule has 1 rings (SSSR count). The third kappa shape index (κ3) is 7.14. The van der Waals surface area contributed by atoms with Gasteiger partial charge in [0.25, 0.3) is 0 Å². The van der Waals surface area contributed by atoms with Crippen LogP contribution in [0.2, 0.25) is 0 Å². The van der Waals surface area contributed by atoms with Gasteiger partial charge in [0.15, 0.2) is 0 Å². The molecule has 27 heavy (non-hydrogen) atoms. The molecule has 1 aromatic rings. The van der Waals surface area contributed by atoms with Gasteiger partial charge in [-0.05, 0) is 20.3 Å². The van der Waals surface area contributed by atoms with E-state index in [1.165, 1.54) is 0 Å². The van der Waals surface area contributed by atoms with E-state index in [9.17, 15) is 4.79 Å². The van der Waals surface area contributed by atoms with Gasteiger partial charge in [-0.3, -0.25) is 4.79 Å². The van der Waals surface area contributed by atoms with Crippen molar-refractivity contribution >= 4 is 17.9 Å². The van der Waals surface area contributed by atoms with E-state index in [1.54, 1.807) is 38.1 Å². The highest BCUT2D eigenvalue weighted by atomic mass is 16.6. The summed E-state index contributed by atoms with van der Waals surface area (Å²) in [6.45, 7) is 6.49. The van der Waals surface area contributed by atoms with E-state index in [2.05, 4.69) is 15.0 Å². The molecule has 0 spiro atoms. The van der Waals surface area contributed by atoms with Gasteiger partial charge >= 0.3 is 12.0 Å². The van der Waals surface area contributed by atoms with Crippen molar-refractivity contribution in [3.05, 3.63) is 0 Å². The molecule has 0 unspecified atom stereocenters. The van der Waals surface area contributed by atoms with Crippen molar-refractivity contribution in [2.75, 3.05) is 64.8 Å². The molecular formula is C17H31N5O5. The Morgan fingerprint density at radius 2 is 1.48 bits per heavy atom. The summed E-state index contributed by atoms with van der Waals surface area (Å²) < 4.78 is 21.0. The number of hydrogen-bond donors (Lipinski definition) is 0. The molecule has 154 valence electrons. The zero-order valence-corrected chi connectivity index (χ0v) is 17.3. The summed E-state index contributed by atoms with van der Waals surface area (Å²) in [6.07, 6.45) is 0.699. The van der Waals surface area contributed by atoms with E-state index >= 15 is 0 Å². The molecule has 0 saturated heterocycles. The van der Waals surface area contributed by atoms with Crippen molar-refractivity contribution in [2.45, 2.75) is 27.2 Å². The molecule has 10 heteroatoms. The highest BCUT2D eigenvalue weighted by Gasteiger charge is 2.26. The maximum atomic E-state index is 12.0. The van der Waals surface area contributed by atoms with Crippen molar-refractivity contribution in [1.82, 2.24) is 15.0 Å². The lowest BCUT2D eigenvalue weighted by molar-refractivity contribution is -0.154. The molecule has 0 atom stereocenters. The van der Waals surface area contributed by atoms with Crippen molar-refractivity contribution in [1.29, 1.82) is 0 Å². The minimum Gasteiger partial charge on any atom is -0.462 e. The van der Waals surface area contributed by atoms with Crippen molar-refractivity contribution in [2.24, 2.45) is 5.41 Å². The van der Waals surface area contributed by atoms with Crippen molar-refractivity contribution in [3.63, 3.8) is 0 Å². The quantitative estimate of drug-likeness (QED) is 0.297. The fourth-order valence-electron chi connectivity index (χ4n) is 1.85. The maximum Gasteiger partial charge on any atom is 0.323 e. The summed E-state index contributed by atoms with van der Waals surface area (Å²) >= 11 is 0. The number of anilines is 2. The molecule has 0 aliphatic heterocycles. The van der Waals surface area contributed by atoms with Gasteiger partial charge in [-0.25, -0.2) is 0 Å². The summed E-state index contributed by atoms with van der Waals surface area (Å²) in [6, 6.07) is 0.131. The van der Waals surface area contributed by atoms with Crippen LogP contribution in [0.1, 0.15) is 27.2 Å². The van der Waals surface area contributed by atoms with Crippen LogP contribution in [0.5, 0.6) is 6.01 Å². The number of hydrogen-bond acceptors (Lipinski definition) is 10. The molecule has 10 nitrogen and oxygen atoms in total. The summed E-state index contributed by atoms with van der Waals surface area (Å²) in [5.74, 6) is 0.526. The zero-order chi connectivity index (χ0) is 20.4. The number of methoxy groups -OCH3 is 2. The second kappa shape index (κ2) is 10.8. The smallest absolute Gasteiger partial charge is 0.323 e. The molecule has 0 radical (unpaired) electrons. The normalized spacial score (nSPS) is 11.2. The van der Waals surface area contributed by atoms with Gasteiger partial charge in [0, 0.05) is 28.3 Å². The van der Waals surface area contributed by atoms with E-state index in [1.807, 2.05) is 20.8 Å². The number of nitrogens with zero attached hydrogens (tertiary/aromatic N) is 5. The Hall–Kier alpha value is -2.20. The van der Waals surface area contributed by atoms with Gasteiger partial charge in [-0.15, -0.1) is 0 Å². The first-order valence-electron chi connectivity index (χ1n) is 8.71. The van der Waals surface area contributed by atoms with Gasteiger partial charge in [-0.2, -0.15) is 15.0 Å². The van der Waals surface area contributed by atoms with Crippen LogP contribution in [0.25, 0.3) is 0 Å². The molecule has 0 aliphatic rings. The van der Waals surface area contributed by atoms with Crippen LogP contribution in [0.4, 0.5) is 11.9 Å². The van der Waals surface area contributed by atoms with Gasteiger partial charge in [0.2, 0.25) is 11.9 Å². The number of aromatic nitrogens is 3. The van der Waals surface area contributed by atoms with E-state index in [0.29, 0.717) is 31.8 Å². The van der Waals surface area contributed by atoms with Gasteiger partial charge in [0.1, 0.15) is 26.7 Å². The van der Waals surface area contributed by atoms with Crippen LogP contribution in [-0.2, 0) is 19.0 Å². The Balaban J connectivity index is 2.78. The lowest BCUT2D eigenvalue weighted by Crippen LogP contribution is -2.28. The predicted octanol–water partition coefficient (Wildman–Crippen LogP) is 1.31. The van der Waals surface area contributed by atoms with Crippen LogP contribution in [0.3, 0.4) is 0 Å². The zero-order valence-electron chi connectivity index (χ0n) is 17.3. The summed E-state index contributed by atoms with van der Waals surface area (Å²) in [4.78, 5) is 28.3. The molecule has 0 aliphatic carbocycles. The van der Waals surface area contributed by atoms with Crippen LogP contribution in [0.15, 0.2) is 0 Å². The average molecular weight is 385 g/mol. The minimum absolute atomic E-state index is 0.112. The second-order valence-corrected chi connectivity index (χ2v) is 6.67. The molecule has 0 saturated carbocycles. The lowest BCUT2D eigenvalue weighted by atomic mass is 9.91. The third-order valence-electron chi connectivity index (χ3n) is 3.90. The Bertz CT molecular complexity index is 569. The topological polar surface area (TPSA) is 99.1 Å². The number of carbonyl (C=O) groups is 1. The second-order valence-electron chi connectivity index (χ2n) is 6.67. The highest BCUT2D eigenvalue weighted by molar-refractivity contribution is 5.75. The van der Waals surface area contributed by atoms with Crippen LogP contribution >= 0.6 is 0 Å². The van der Waals surface area contributed by atoms with E-state index in [4.69, 9.17) is 18.9 Å². The Morgan fingerprint density at radius 3 is 1.93 bits per heavy atom. The van der Waals surface area contributed by atoms with Crippen LogP contribution < -0.4 is 14.5 Å². The molecule has 0 amide bonds. The molecule has 0 bridgehead atoms. The largest absolute Gasteiger partial charge is 0.462 e. The molecule has 0 N–H and O–H groups in total. The van der Waals surface area contributed by atoms with Crippen molar-refractivity contribution < 1.29 is 23.7 Å². The van der Waals surface area contributed by atoms with Gasteiger partial charge in [0.05, 0.1) is 5.41 Å². The van der Waals surface area contributed by atoms with Crippen LogP contribution in [0, 0.1) is 5.41 Å². The summed E-state index contributed by atoms with van der Waals surface area (Å²) in [7, 11) is 6.74. The SMILES string of the molecule is CCC(C)(C)C(=O)OCCOc1nc(N(C)COC)nc(N(C)COC)n1. The highest BCUT2D eigenvalue weighted by Crippen LogP contribution is 2.21. The number of esters is 1. The predicted molar refractivity (Wildman–Crippen MR) is 101 cm³/mol. The van der Waals surface area contributed by atoms with E-state index in [0.717, 1.165) is 0 Å². The summed E-state index contributed by atoms with van der Waals surface area (Å²) in [5, 5.41) is 0. The first-order chi connectivity index (χ1) is 12.7. The molecule has 1 aromatic heterocycles. The molecular weight excluding hydrogens is 354 g/mol. The Morgan fingerprint density at radius 1 is 0.963 bits per heavy atom. The maximum absolute atomic E-state index is 12.0. The van der Waals surface area contributed by atoms with Gasteiger partial charge < -0.3 is 28.7 Å². The Kier molecular flexibility index (Phi) is 9.16. The van der Waals surface area contributed by atoms with E-state index in [-0.39, 0.29) is 25.2 Å². The monoisotopic (exact) mass is 385 g/mol.